The van der Waals surface area contributed by atoms with E-state index >= 15 is 0 Å². The van der Waals surface area contributed by atoms with Crippen molar-refractivity contribution in [2.45, 2.75) is 18.9 Å². The zero-order valence-corrected chi connectivity index (χ0v) is 5.75. The summed E-state index contributed by atoms with van der Waals surface area (Å²) in [6.07, 6.45) is 5.27. The third-order valence-electron chi connectivity index (χ3n) is 1.44. The molecule has 1 saturated heterocycles. The van der Waals surface area contributed by atoms with Crippen LogP contribution in [0.4, 0.5) is 0 Å². The minimum absolute atomic E-state index is 0.118. The summed E-state index contributed by atoms with van der Waals surface area (Å²) in [5, 5.41) is 0. The minimum atomic E-state index is -0.407. The highest BCUT2D eigenvalue weighted by atomic mass is 16.5. The van der Waals surface area contributed by atoms with Crippen molar-refractivity contribution in [2.75, 3.05) is 6.61 Å². The number of hydrogen-bond acceptors (Lipinski definition) is 2. The maximum Gasteiger partial charge on any atom is 0.241 e. The van der Waals surface area contributed by atoms with Crippen LogP contribution in [0.3, 0.4) is 0 Å². The van der Waals surface area contributed by atoms with Crippen LogP contribution in [0.1, 0.15) is 12.8 Å². The van der Waals surface area contributed by atoms with E-state index in [2.05, 4.69) is 0 Å². The van der Waals surface area contributed by atoms with Crippen LogP contribution in [-0.2, 0) is 9.53 Å². The first kappa shape index (κ1) is 7.28. The third kappa shape index (κ3) is 2.19. The molecule has 0 spiro atoms. The number of primary amides is 1. The van der Waals surface area contributed by atoms with Gasteiger partial charge >= 0.3 is 0 Å². The van der Waals surface area contributed by atoms with Gasteiger partial charge in [-0.05, 0) is 12.8 Å². The van der Waals surface area contributed by atoms with Crippen molar-refractivity contribution < 1.29 is 9.53 Å². The fraction of sp³-hybridized carbons (Fsp3) is 0.571. The van der Waals surface area contributed by atoms with Gasteiger partial charge in [-0.1, -0.05) is 6.08 Å². The largest absolute Gasteiger partial charge is 0.374 e. The Kier molecular flexibility index (Phi) is 2.45. The van der Waals surface area contributed by atoms with Crippen molar-refractivity contribution in [1.29, 1.82) is 0 Å². The Hall–Kier alpha value is -0.830. The molecule has 1 atom stereocenters. The lowest BCUT2D eigenvalue weighted by molar-refractivity contribution is -0.113. The molecule has 0 aliphatic carbocycles. The van der Waals surface area contributed by atoms with Crippen molar-refractivity contribution in [3.05, 3.63) is 12.2 Å². The number of amides is 1. The number of rotatable bonds is 2. The smallest absolute Gasteiger partial charge is 0.241 e. The van der Waals surface area contributed by atoms with E-state index in [1.165, 1.54) is 6.08 Å². The van der Waals surface area contributed by atoms with Crippen molar-refractivity contribution in [2.24, 2.45) is 5.73 Å². The lowest BCUT2D eigenvalue weighted by Gasteiger charge is -1.99. The predicted molar refractivity (Wildman–Crippen MR) is 37.3 cm³/mol. The fourth-order valence-corrected chi connectivity index (χ4v) is 0.957. The molecule has 0 aromatic carbocycles. The quantitative estimate of drug-likeness (QED) is 0.559. The summed E-state index contributed by atoms with van der Waals surface area (Å²) in [5.74, 6) is -0.407. The number of hydrogen-bond donors (Lipinski definition) is 1. The average molecular weight is 141 g/mol. The van der Waals surface area contributed by atoms with Crippen molar-refractivity contribution in [1.82, 2.24) is 0 Å². The van der Waals surface area contributed by atoms with Gasteiger partial charge < -0.3 is 10.5 Å². The van der Waals surface area contributed by atoms with Crippen LogP contribution in [0.15, 0.2) is 12.2 Å². The predicted octanol–water partition coefficient (Wildman–Crippen LogP) is 0.207. The summed E-state index contributed by atoms with van der Waals surface area (Å²) in [6.45, 7) is 0.799. The maximum atomic E-state index is 10.2. The van der Waals surface area contributed by atoms with E-state index in [4.69, 9.17) is 10.5 Å². The van der Waals surface area contributed by atoms with Gasteiger partial charge in [-0.2, -0.15) is 0 Å². The van der Waals surface area contributed by atoms with E-state index in [0.29, 0.717) is 0 Å². The second-order valence-electron chi connectivity index (χ2n) is 2.31. The van der Waals surface area contributed by atoms with E-state index in [1.807, 2.05) is 0 Å². The molecule has 1 aliphatic rings. The number of nitrogens with two attached hydrogens (primary N) is 1. The number of carbonyl (C=O) groups is 1. The molecule has 1 amide bonds. The molecule has 10 heavy (non-hydrogen) atoms. The second-order valence-corrected chi connectivity index (χ2v) is 2.31. The molecule has 3 nitrogen and oxygen atoms in total. The lowest BCUT2D eigenvalue weighted by atomic mass is 10.2. The third-order valence-corrected chi connectivity index (χ3v) is 1.44. The summed E-state index contributed by atoms with van der Waals surface area (Å²) in [7, 11) is 0. The van der Waals surface area contributed by atoms with Gasteiger partial charge in [0.15, 0.2) is 0 Å². The monoisotopic (exact) mass is 141 g/mol. The van der Waals surface area contributed by atoms with E-state index in [1.54, 1.807) is 6.08 Å². The summed E-state index contributed by atoms with van der Waals surface area (Å²) >= 11 is 0. The molecule has 0 radical (unpaired) electrons. The van der Waals surface area contributed by atoms with Gasteiger partial charge in [-0.25, -0.2) is 0 Å². The Morgan fingerprint density at radius 3 is 3.00 bits per heavy atom. The molecule has 3 heteroatoms. The van der Waals surface area contributed by atoms with Crippen LogP contribution in [0.2, 0.25) is 0 Å². The Morgan fingerprint density at radius 1 is 1.70 bits per heavy atom. The van der Waals surface area contributed by atoms with Crippen LogP contribution in [0.25, 0.3) is 0 Å². The first-order chi connectivity index (χ1) is 4.79. The fourth-order valence-electron chi connectivity index (χ4n) is 0.957. The highest BCUT2D eigenvalue weighted by molar-refractivity contribution is 5.85. The van der Waals surface area contributed by atoms with Crippen molar-refractivity contribution in [3.8, 4) is 0 Å². The zero-order valence-electron chi connectivity index (χ0n) is 5.75. The Bertz CT molecular complexity index is 148. The topological polar surface area (TPSA) is 52.3 Å². The zero-order chi connectivity index (χ0) is 7.40. The minimum Gasteiger partial charge on any atom is -0.374 e. The first-order valence-corrected chi connectivity index (χ1v) is 3.38. The maximum absolute atomic E-state index is 10.2. The van der Waals surface area contributed by atoms with Crippen LogP contribution in [0, 0.1) is 0 Å². The summed E-state index contributed by atoms with van der Waals surface area (Å²) < 4.78 is 5.21. The average Bonchev–Trinajstić information content (AvgIpc) is 2.34. The van der Waals surface area contributed by atoms with Crippen LogP contribution in [-0.4, -0.2) is 18.6 Å². The first-order valence-electron chi connectivity index (χ1n) is 3.38. The summed E-state index contributed by atoms with van der Waals surface area (Å²) in [5.41, 5.74) is 4.89. The molecular formula is C7H11NO2. The van der Waals surface area contributed by atoms with Crippen LogP contribution < -0.4 is 5.73 Å². The van der Waals surface area contributed by atoms with E-state index < -0.39 is 5.91 Å². The summed E-state index contributed by atoms with van der Waals surface area (Å²) in [4.78, 5) is 10.2. The van der Waals surface area contributed by atoms with Gasteiger partial charge in [0.05, 0.1) is 6.10 Å². The normalized spacial score (nSPS) is 25.8. The van der Waals surface area contributed by atoms with Gasteiger partial charge in [0.25, 0.3) is 0 Å². The molecule has 1 heterocycles. The summed E-state index contributed by atoms with van der Waals surface area (Å²) in [6, 6.07) is 0. The molecule has 56 valence electrons. The van der Waals surface area contributed by atoms with Crippen molar-refractivity contribution in [3.63, 3.8) is 0 Å². The Morgan fingerprint density at radius 2 is 2.50 bits per heavy atom. The van der Waals surface area contributed by atoms with E-state index in [0.717, 1.165) is 19.4 Å². The number of ether oxygens (including phenoxy) is 1. The lowest BCUT2D eigenvalue weighted by Crippen LogP contribution is -2.08. The Labute approximate surface area is 59.8 Å². The van der Waals surface area contributed by atoms with Gasteiger partial charge in [-0.15, -0.1) is 0 Å². The molecule has 0 saturated carbocycles. The van der Waals surface area contributed by atoms with Gasteiger partial charge in [0, 0.05) is 12.7 Å². The van der Waals surface area contributed by atoms with Gasteiger partial charge in [-0.3, -0.25) is 4.79 Å². The highest BCUT2D eigenvalue weighted by Gasteiger charge is 2.11. The molecular weight excluding hydrogens is 130 g/mol. The molecule has 1 rings (SSSR count). The SMILES string of the molecule is NC(=O)C=CC1CCCO1. The molecule has 1 unspecified atom stereocenters. The molecule has 1 aliphatic heterocycles. The number of carbonyl (C=O) groups excluding carboxylic acids is 1. The van der Waals surface area contributed by atoms with Crippen molar-refractivity contribution >= 4 is 5.91 Å². The second kappa shape index (κ2) is 3.37. The van der Waals surface area contributed by atoms with E-state index in [-0.39, 0.29) is 6.10 Å². The molecule has 0 aromatic heterocycles. The van der Waals surface area contributed by atoms with Gasteiger partial charge in [0.1, 0.15) is 0 Å². The standard InChI is InChI=1S/C7H11NO2/c8-7(9)4-3-6-2-1-5-10-6/h3-4,6H,1-2,5H2,(H2,8,9). The molecule has 1 fully saturated rings. The highest BCUT2D eigenvalue weighted by Crippen LogP contribution is 2.12. The molecule has 2 N–H and O–H groups in total. The van der Waals surface area contributed by atoms with Crippen LogP contribution >= 0.6 is 0 Å². The van der Waals surface area contributed by atoms with Crippen LogP contribution in [0.5, 0.6) is 0 Å². The van der Waals surface area contributed by atoms with Gasteiger partial charge in [0.2, 0.25) is 5.91 Å². The molecule has 0 bridgehead atoms. The molecule has 0 aromatic rings. The Balaban J connectivity index is 2.29. The van der Waals surface area contributed by atoms with E-state index in [9.17, 15) is 4.79 Å².